The molecule has 1 unspecified atom stereocenters. The molecule has 0 aliphatic carbocycles. The molecule has 17 heavy (non-hydrogen) atoms. The first-order chi connectivity index (χ1) is 8.19. The van der Waals surface area contributed by atoms with Crippen LogP contribution in [0.3, 0.4) is 0 Å². The van der Waals surface area contributed by atoms with Gasteiger partial charge in [-0.15, -0.1) is 11.3 Å². The summed E-state index contributed by atoms with van der Waals surface area (Å²) in [4.78, 5) is 4.27. The van der Waals surface area contributed by atoms with E-state index in [0.717, 1.165) is 25.9 Å². The predicted molar refractivity (Wildman–Crippen MR) is 77.7 cm³/mol. The number of hydrogen-bond donors (Lipinski definition) is 2. The Labute approximate surface area is 121 Å². The summed E-state index contributed by atoms with van der Waals surface area (Å²) in [7, 11) is 0. The molecular weight excluding hydrogens is 366 g/mol. The van der Waals surface area contributed by atoms with E-state index < -0.39 is 0 Å². The zero-order valence-electron chi connectivity index (χ0n) is 8.86. The second-order valence-corrected chi connectivity index (χ2v) is 6.36. The van der Waals surface area contributed by atoms with Gasteiger partial charge in [0, 0.05) is 26.9 Å². The predicted octanol–water partition coefficient (Wildman–Crippen LogP) is 3.42. The van der Waals surface area contributed by atoms with Crippen molar-refractivity contribution >= 4 is 43.2 Å². The number of rotatable bonds is 4. The number of nitrogens with zero attached hydrogens (tertiary/aromatic N) is 1. The lowest BCUT2D eigenvalue weighted by Gasteiger charge is -2.15. The van der Waals surface area contributed by atoms with Gasteiger partial charge < -0.3 is 0 Å². The molecule has 3 nitrogen and oxygen atoms in total. The molecule has 0 fully saturated rings. The van der Waals surface area contributed by atoms with E-state index in [0.29, 0.717) is 0 Å². The van der Waals surface area contributed by atoms with Crippen molar-refractivity contribution in [2.75, 3.05) is 0 Å². The molecule has 1 atom stereocenters. The van der Waals surface area contributed by atoms with E-state index >= 15 is 0 Å². The first-order valence-electron chi connectivity index (χ1n) is 4.99. The summed E-state index contributed by atoms with van der Waals surface area (Å²) >= 11 is 8.59. The van der Waals surface area contributed by atoms with Crippen LogP contribution < -0.4 is 11.3 Å². The zero-order valence-corrected chi connectivity index (χ0v) is 12.8. The molecule has 0 spiro atoms. The summed E-state index contributed by atoms with van der Waals surface area (Å²) in [5, 5.41) is 3.05. The molecule has 3 N–H and O–H groups in total. The van der Waals surface area contributed by atoms with Gasteiger partial charge in [0.1, 0.15) is 0 Å². The third-order valence-electron chi connectivity index (χ3n) is 2.35. The lowest BCUT2D eigenvalue weighted by atomic mass is 10.1. The van der Waals surface area contributed by atoms with E-state index in [1.807, 2.05) is 17.6 Å². The van der Waals surface area contributed by atoms with Gasteiger partial charge in [-0.05, 0) is 23.8 Å². The average Bonchev–Trinajstić information content (AvgIpc) is 2.77. The summed E-state index contributed by atoms with van der Waals surface area (Å²) < 4.78 is 2.06. The Morgan fingerprint density at radius 2 is 2.00 bits per heavy atom. The van der Waals surface area contributed by atoms with Crippen LogP contribution in [0.2, 0.25) is 0 Å². The fourth-order valence-electron chi connectivity index (χ4n) is 1.58. The van der Waals surface area contributed by atoms with Gasteiger partial charge in [-0.2, -0.15) is 0 Å². The Kier molecular flexibility index (Phi) is 4.69. The summed E-state index contributed by atoms with van der Waals surface area (Å²) in [5.74, 6) is 5.62. The smallest absolute Gasteiger partial charge is 0.0944 e. The highest BCUT2D eigenvalue weighted by atomic mass is 79.9. The van der Waals surface area contributed by atoms with Crippen molar-refractivity contribution in [1.29, 1.82) is 0 Å². The maximum absolute atomic E-state index is 5.62. The Morgan fingerprint density at radius 3 is 2.53 bits per heavy atom. The maximum Gasteiger partial charge on any atom is 0.0944 e. The summed E-state index contributed by atoms with van der Waals surface area (Å²) in [6.45, 7) is 0. The molecular formula is C11H11Br2N3S. The number of aromatic nitrogens is 1. The van der Waals surface area contributed by atoms with Crippen LogP contribution in [0.15, 0.2) is 38.7 Å². The minimum atomic E-state index is 0.0648. The molecule has 1 heterocycles. The van der Waals surface area contributed by atoms with Gasteiger partial charge >= 0.3 is 0 Å². The molecule has 0 aliphatic rings. The molecule has 1 aromatic carbocycles. The molecule has 0 aliphatic heterocycles. The van der Waals surface area contributed by atoms with E-state index in [4.69, 9.17) is 5.84 Å². The first kappa shape index (κ1) is 13.2. The van der Waals surface area contributed by atoms with Crippen LogP contribution in [-0.4, -0.2) is 4.98 Å². The largest absolute Gasteiger partial charge is 0.271 e. The maximum atomic E-state index is 5.62. The molecule has 1 aromatic heterocycles. The third kappa shape index (κ3) is 3.59. The molecule has 0 saturated carbocycles. The Morgan fingerprint density at radius 1 is 1.29 bits per heavy atom. The normalized spacial score (nSPS) is 12.6. The zero-order chi connectivity index (χ0) is 12.3. The van der Waals surface area contributed by atoms with E-state index in [-0.39, 0.29) is 6.04 Å². The van der Waals surface area contributed by atoms with Crippen LogP contribution in [0.5, 0.6) is 0 Å². The molecule has 6 heteroatoms. The molecule has 0 bridgehead atoms. The summed E-state index contributed by atoms with van der Waals surface area (Å²) in [6.07, 6.45) is 2.60. The topological polar surface area (TPSA) is 50.9 Å². The second kappa shape index (κ2) is 6.06. The van der Waals surface area contributed by atoms with Crippen molar-refractivity contribution in [1.82, 2.24) is 10.4 Å². The third-order valence-corrected chi connectivity index (χ3v) is 4.07. The van der Waals surface area contributed by atoms with Crippen molar-refractivity contribution in [2.45, 2.75) is 12.5 Å². The Balaban J connectivity index is 2.22. The van der Waals surface area contributed by atoms with E-state index in [1.165, 1.54) is 0 Å². The molecule has 2 rings (SSSR count). The van der Waals surface area contributed by atoms with E-state index in [1.54, 1.807) is 11.3 Å². The van der Waals surface area contributed by atoms with E-state index in [2.05, 4.69) is 54.4 Å². The highest BCUT2D eigenvalue weighted by molar-refractivity contribution is 9.11. The minimum Gasteiger partial charge on any atom is -0.271 e. The Hall–Kier alpha value is -0.270. The number of hydrogen-bond acceptors (Lipinski definition) is 4. The molecule has 0 amide bonds. The van der Waals surface area contributed by atoms with Gasteiger partial charge in [0.05, 0.1) is 11.0 Å². The van der Waals surface area contributed by atoms with Crippen LogP contribution in [-0.2, 0) is 6.42 Å². The van der Waals surface area contributed by atoms with Crippen molar-refractivity contribution in [3.8, 4) is 0 Å². The number of nitrogens with one attached hydrogen (secondary N) is 1. The lowest BCUT2D eigenvalue weighted by Crippen LogP contribution is -2.29. The summed E-state index contributed by atoms with van der Waals surface area (Å²) in [6, 6.07) is 6.18. The number of nitrogens with two attached hydrogens (primary N) is 1. The van der Waals surface area contributed by atoms with Gasteiger partial charge in [0.2, 0.25) is 0 Å². The molecule has 2 aromatic rings. The Bertz CT molecular complexity index is 467. The number of thiazole rings is 1. The van der Waals surface area contributed by atoms with Crippen LogP contribution in [0, 0.1) is 0 Å². The molecule has 0 radical (unpaired) electrons. The molecule has 90 valence electrons. The second-order valence-electron chi connectivity index (χ2n) is 3.55. The van der Waals surface area contributed by atoms with Gasteiger partial charge in [-0.3, -0.25) is 11.3 Å². The standard InChI is InChI=1S/C11H11Br2N3S/c12-8-3-7(4-9(13)5-8)10(16-14)6-11-15-1-2-17-11/h1-5,10,16H,6,14H2. The number of benzene rings is 1. The first-order valence-corrected chi connectivity index (χ1v) is 7.46. The monoisotopic (exact) mass is 375 g/mol. The van der Waals surface area contributed by atoms with Crippen molar-refractivity contribution in [3.63, 3.8) is 0 Å². The minimum absolute atomic E-state index is 0.0648. The van der Waals surface area contributed by atoms with Crippen molar-refractivity contribution < 1.29 is 0 Å². The van der Waals surface area contributed by atoms with Gasteiger partial charge in [0.25, 0.3) is 0 Å². The number of hydrazine groups is 1. The van der Waals surface area contributed by atoms with Crippen LogP contribution in [0.25, 0.3) is 0 Å². The lowest BCUT2D eigenvalue weighted by molar-refractivity contribution is 0.550. The fourth-order valence-corrected chi connectivity index (χ4v) is 3.57. The quantitative estimate of drug-likeness (QED) is 0.634. The van der Waals surface area contributed by atoms with Gasteiger partial charge in [-0.1, -0.05) is 31.9 Å². The average molecular weight is 377 g/mol. The van der Waals surface area contributed by atoms with Crippen LogP contribution in [0.4, 0.5) is 0 Å². The summed E-state index contributed by atoms with van der Waals surface area (Å²) in [5.41, 5.74) is 3.96. The van der Waals surface area contributed by atoms with E-state index in [9.17, 15) is 0 Å². The highest BCUT2D eigenvalue weighted by Gasteiger charge is 2.13. The SMILES string of the molecule is NNC(Cc1nccs1)c1cc(Br)cc(Br)c1. The van der Waals surface area contributed by atoms with Crippen molar-refractivity contribution in [3.05, 3.63) is 49.3 Å². The van der Waals surface area contributed by atoms with Crippen LogP contribution >= 0.6 is 43.2 Å². The van der Waals surface area contributed by atoms with Gasteiger partial charge in [-0.25, -0.2) is 4.98 Å². The van der Waals surface area contributed by atoms with Crippen LogP contribution in [0.1, 0.15) is 16.6 Å². The van der Waals surface area contributed by atoms with Gasteiger partial charge in [0.15, 0.2) is 0 Å². The highest BCUT2D eigenvalue weighted by Crippen LogP contribution is 2.26. The van der Waals surface area contributed by atoms with Crippen molar-refractivity contribution in [2.24, 2.45) is 5.84 Å². The number of halogens is 2. The molecule has 0 saturated heterocycles. The fraction of sp³-hybridized carbons (Fsp3) is 0.182.